The summed E-state index contributed by atoms with van der Waals surface area (Å²) >= 11 is 0. The second kappa shape index (κ2) is 19.5. The van der Waals surface area contributed by atoms with E-state index in [-0.39, 0.29) is 37.3 Å². The third kappa shape index (κ3) is 9.82. The Labute approximate surface area is 334 Å². The second-order valence-corrected chi connectivity index (χ2v) is 15.5. The van der Waals surface area contributed by atoms with Crippen LogP contribution in [0.3, 0.4) is 0 Å². The Morgan fingerprint density at radius 3 is 1.98 bits per heavy atom. The van der Waals surface area contributed by atoms with Crippen LogP contribution in [0.25, 0.3) is 0 Å². The Balaban J connectivity index is 1.69. The van der Waals surface area contributed by atoms with Crippen LogP contribution in [0, 0.1) is 18.3 Å². The van der Waals surface area contributed by atoms with E-state index in [4.69, 9.17) is 32.7 Å². The summed E-state index contributed by atoms with van der Waals surface area (Å²) in [5, 5.41) is 9.38. The van der Waals surface area contributed by atoms with Gasteiger partial charge in [0.1, 0.15) is 29.3 Å². The van der Waals surface area contributed by atoms with E-state index in [1.165, 1.54) is 17.7 Å². The van der Waals surface area contributed by atoms with Crippen molar-refractivity contribution in [1.29, 1.82) is 5.26 Å². The summed E-state index contributed by atoms with van der Waals surface area (Å²) < 4.78 is 47.4. The van der Waals surface area contributed by atoms with Gasteiger partial charge in [-0.3, -0.25) is 19.1 Å². The molecule has 4 aromatic rings. The Morgan fingerprint density at radius 1 is 0.912 bits per heavy atom. The fourth-order valence-corrected chi connectivity index (χ4v) is 8.73. The van der Waals surface area contributed by atoms with Gasteiger partial charge >= 0.3 is 11.7 Å². The summed E-state index contributed by atoms with van der Waals surface area (Å²) in [7, 11) is 1.29. The minimum atomic E-state index is -1.91. The van der Waals surface area contributed by atoms with Crippen molar-refractivity contribution < 1.29 is 37.5 Å². The summed E-state index contributed by atoms with van der Waals surface area (Å²) in [4.78, 5) is 41.1. The zero-order valence-corrected chi connectivity index (χ0v) is 34.4. The summed E-state index contributed by atoms with van der Waals surface area (Å²) in [6.45, 7) is 10.8. The number of nitrogens with zero attached hydrogens (tertiary/aromatic N) is 3. The third-order valence-corrected chi connectivity index (χ3v) is 11.6. The molecule has 0 spiro atoms. The largest absolute Gasteiger partial charge is 0.497 e. The van der Waals surface area contributed by atoms with Gasteiger partial charge in [0.05, 0.1) is 39.9 Å². The smallest absolute Gasteiger partial charge is 0.330 e. The molecular weight excluding hydrogens is 751 g/mol. The predicted molar refractivity (Wildman–Crippen MR) is 214 cm³/mol. The lowest BCUT2D eigenvalue weighted by Gasteiger charge is -2.39. The Bertz CT molecular complexity index is 2030. The lowest BCUT2D eigenvalue weighted by Crippen LogP contribution is -2.44. The van der Waals surface area contributed by atoms with Crippen molar-refractivity contribution in [3.05, 3.63) is 128 Å². The van der Waals surface area contributed by atoms with E-state index in [1.54, 1.807) is 21.1 Å². The summed E-state index contributed by atoms with van der Waals surface area (Å²) in [6.07, 6.45) is -3.04. The number of aromatic nitrogens is 2. The normalized spacial score (nSPS) is 18.8. The molecule has 0 saturated carbocycles. The zero-order valence-electron chi connectivity index (χ0n) is 33.5. The van der Waals surface area contributed by atoms with Gasteiger partial charge in [-0.25, -0.2) is 9.46 Å². The number of aromatic amines is 1. The number of hydrogen-bond acceptors (Lipinski definition) is 12. The zero-order chi connectivity index (χ0) is 41.3. The van der Waals surface area contributed by atoms with Crippen LogP contribution in [0.2, 0.25) is 0 Å². The first kappa shape index (κ1) is 43.3. The molecule has 1 aliphatic heterocycles. The molecule has 0 bridgehead atoms. The molecule has 304 valence electrons. The number of nitrogens with one attached hydrogen (secondary N) is 1. The van der Waals surface area contributed by atoms with Crippen molar-refractivity contribution in [2.45, 2.75) is 90.2 Å². The number of rotatable bonds is 18. The molecule has 1 saturated heterocycles. The predicted octanol–water partition coefficient (Wildman–Crippen LogP) is 6.36. The molecule has 15 heteroatoms. The first-order chi connectivity index (χ1) is 27.3. The maximum absolute atomic E-state index is 13.4. The number of nitriles is 1. The van der Waals surface area contributed by atoms with Crippen molar-refractivity contribution in [3.63, 3.8) is 0 Å². The molecule has 57 heavy (non-hydrogen) atoms. The van der Waals surface area contributed by atoms with Gasteiger partial charge in [-0.1, -0.05) is 54.6 Å². The number of ether oxygens (including phenoxy) is 5. The SMILES string of the molecule is COc1ccc(C(OC[C@@H]2O[C@@H](n3cc(C)c(=O)[nH]c3=O)[C@H](OC(C)=O)[C@H]2OP(OCCC#N)N(C(C)C)C(C)C)(c2ccccc2)c2ccc(OC)cc2)cc1. The van der Waals surface area contributed by atoms with E-state index in [9.17, 15) is 19.6 Å². The monoisotopic (exact) mass is 802 g/mol. The number of carbonyl (C=O) groups excluding carboxylic acids is 1. The summed E-state index contributed by atoms with van der Waals surface area (Å²) in [6, 6.07) is 26.8. The van der Waals surface area contributed by atoms with Gasteiger partial charge in [0.25, 0.3) is 14.1 Å². The molecule has 3 aromatic carbocycles. The average molecular weight is 803 g/mol. The molecule has 1 unspecified atom stereocenters. The van der Waals surface area contributed by atoms with Crippen LogP contribution in [-0.4, -0.2) is 78.0 Å². The summed E-state index contributed by atoms with van der Waals surface area (Å²) in [5.41, 5.74) is -0.00844. The number of carbonyl (C=O) groups is 1. The van der Waals surface area contributed by atoms with Gasteiger partial charge < -0.3 is 32.7 Å². The molecule has 0 aliphatic carbocycles. The lowest BCUT2D eigenvalue weighted by atomic mass is 9.80. The molecular formula is C42H51N4O10P. The standard InChI is InChI=1S/C42H51N4O10P/c1-27(2)46(28(3)4)57(53-24-12-23-43)56-37-36(55-40(38(37)54-30(6)47)45-25-29(5)39(48)44-41(45)49)26-52-42(31-13-10-9-11-14-31,32-15-19-34(50-7)20-16-32)33-17-21-35(51-8)22-18-33/h9-11,13-22,25,27-28,36-38,40H,12,24,26H2,1-8H3,(H,44,48,49)/t36-,37-,38+,40+,57?/m0/s1. The molecule has 0 radical (unpaired) electrons. The first-order valence-electron chi connectivity index (χ1n) is 18.7. The van der Waals surface area contributed by atoms with Gasteiger partial charge in [0, 0.05) is 30.8 Å². The molecule has 1 aromatic heterocycles. The van der Waals surface area contributed by atoms with Crippen LogP contribution in [0.5, 0.6) is 11.5 Å². The van der Waals surface area contributed by atoms with Crippen molar-refractivity contribution in [3.8, 4) is 17.6 Å². The highest BCUT2D eigenvalue weighted by Crippen LogP contribution is 2.51. The lowest BCUT2D eigenvalue weighted by molar-refractivity contribution is -0.155. The maximum Gasteiger partial charge on any atom is 0.330 e. The van der Waals surface area contributed by atoms with E-state index in [1.807, 2.05) is 111 Å². The molecule has 2 heterocycles. The van der Waals surface area contributed by atoms with Crippen LogP contribution in [0.4, 0.5) is 0 Å². The van der Waals surface area contributed by atoms with Crippen molar-refractivity contribution in [2.24, 2.45) is 0 Å². The van der Waals surface area contributed by atoms with Crippen molar-refractivity contribution in [1.82, 2.24) is 14.2 Å². The number of benzene rings is 3. The molecule has 5 rings (SSSR count). The fourth-order valence-electron chi connectivity index (χ4n) is 6.97. The van der Waals surface area contributed by atoms with E-state index in [0.29, 0.717) is 11.5 Å². The van der Waals surface area contributed by atoms with E-state index in [2.05, 4.69) is 11.1 Å². The van der Waals surface area contributed by atoms with E-state index in [0.717, 1.165) is 16.7 Å². The number of H-pyrrole nitrogens is 1. The Hall–Kier alpha value is -4.87. The highest BCUT2D eigenvalue weighted by molar-refractivity contribution is 7.44. The highest BCUT2D eigenvalue weighted by atomic mass is 31.2. The first-order valence-corrected chi connectivity index (χ1v) is 19.9. The Morgan fingerprint density at radius 2 is 1.47 bits per heavy atom. The number of hydrogen-bond donors (Lipinski definition) is 1. The average Bonchev–Trinajstić information content (AvgIpc) is 3.52. The van der Waals surface area contributed by atoms with Crippen LogP contribution in [0.15, 0.2) is 94.6 Å². The maximum atomic E-state index is 13.4. The molecule has 1 fully saturated rings. The quantitative estimate of drug-likeness (QED) is 0.0514. The van der Waals surface area contributed by atoms with Crippen LogP contribution < -0.4 is 20.7 Å². The molecule has 5 atom stereocenters. The van der Waals surface area contributed by atoms with Crippen molar-refractivity contribution >= 4 is 14.5 Å². The van der Waals surface area contributed by atoms with Crippen molar-refractivity contribution in [2.75, 3.05) is 27.4 Å². The van der Waals surface area contributed by atoms with Crippen LogP contribution in [-0.2, 0) is 33.7 Å². The van der Waals surface area contributed by atoms with Crippen LogP contribution >= 0.6 is 8.53 Å². The van der Waals surface area contributed by atoms with Gasteiger partial charge in [-0.05, 0) is 75.6 Å². The summed E-state index contributed by atoms with van der Waals surface area (Å²) in [5.74, 6) is 0.662. The van der Waals surface area contributed by atoms with Gasteiger partial charge in [-0.15, -0.1) is 0 Å². The molecule has 14 nitrogen and oxygen atoms in total. The fraction of sp³-hybridized carbons (Fsp3) is 0.429. The number of aryl methyl sites for hydroxylation is 1. The number of methoxy groups -OCH3 is 2. The number of esters is 1. The Kier molecular flexibility index (Phi) is 14.8. The van der Waals surface area contributed by atoms with Gasteiger partial charge in [0.15, 0.2) is 12.3 Å². The third-order valence-electron chi connectivity index (χ3n) is 9.52. The van der Waals surface area contributed by atoms with E-state index >= 15 is 0 Å². The van der Waals surface area contributed by atoms with Gasteiger partial charge in [0.2, 0.25) is 0 Å². The minimum Gasteiger partial charge on any atom is -0.497 e. The van der Waals surface area contributed by atoms with E-state index < -0.39 is 55.9 Å². The van der Waals surface area contributed by atoms with Gasteiger partial charge in [-0.2, -0.15) is 5.26 Å². The molecule has 1 N–H and O–H groups in total. The highest BCUT2D eigenvalue weighted by Gasteiger charge is 2.52. The minimum absolute atomic E-state index is 0.0569. The second-order valence-electron chi connectivity index (χ2n) is 14.0. The topological polar surface area (TPSA) is 164 Å². The van der Waals surface area contributed by atoms with Crippen LogP contribution in [0.1, 0.15) is 69.5 Å². The molecule has 1 aliphatic rings. The molecule has 0 amide bonds.